The Balaban J connectivity index is 1.41. The van der Waals surface area contributed by atoms with E-state index < -0.39 is 0 Å². The lowest BCUT2D eigenvalue weighted by Gasteiger charge is -2.30. The Bertz CT molecular complexity index is 1100. The van der Waals surface area contributed by atoms with Gasteiger partial charge >= 0.3 is 0 Å². The van der Waals surface area contributed by atoms with Crippen molar-refractivity contribution in [1.29, 1.82) is 0 Å². The molecule has 8 heteroatoms. The second-order valence-electron chi connectivity index (χ2n) is 8.97. The zero-order valence-electron chi connectivity index (χ0n) is 18.3. The molecule has 3 fully saturated rings. The molecule has 0 bridgehead atoms. The minimum Gasteiger partial charge on any atom is -0.381 e. The number of piperazine rings is 1. The molecule has 8 nitrogen and oxygen atoms in total. The molecule has 166 valence electrons. The van der Waals surface area contributed by atoms with Crippen LogP contribution in [0.15, 0.2) is 30.7 Å². The van der Waals surface area contributed by atoms with E-state index in [1.54, 1.807) is 0 Å². The number of anilines is 2. The molecule has 0 atom stereocenters. The second-order valence-corrected chi connectivity index (χ2v) is 8.97. The first-order valence-electron chi connectivity index (χ1n) is 11.8. The van der Waals surface area contributed by atoms with Crippen molar-refractivity contribution in [3.8, 4) is 11.4 Å². The Morgan fingerprint density at radius 3 is 2.69 bits per heavy atom. The van der Waals surface area contributed by atoms with Crippen LogP contribution in [0.2, 0.25) is 0 Å². The van der Waals surface area contributed by atoms with Crippen LogP contribution in [-0.4, -0.2) is 65.4 Å². The van der Waals surface area contributed by atoms with Crippen LogP contribution in [0, 0.1) is 0 Å². The van der Waals surface area contributed by atoms with Gasteiger partial charge < -0.3 is 20.3 Å². The molecule has 32 heavy (non-hydrogen) atoms. The van der Waals surface area contributed by atoms with Crippen molar-refractivity contribution >= 4 is 22.5 Å². The number of hydrogen-bond acceptors (Lipinski definition) is 8. The van der Waals surface area contributed by atoms with Crippen LogP contribution in [0.3, 0.4) is 0 Å². The first-order chi connectivity index (χ1) is 15.8. The fraction of sp³-hybridized carbons (Fsp3) is 0.500. The SMILES string of the molecule is c1cc(-c2nc(N3CCNCC3)c3c(C4CC4)cncc3n2)cc(NC2CCOCC2)n1. The maximum Gasteiger partial charge on any atom is 0.162 e. The van der Waals surface area contributed by atoms with E-state index >= 15 is 0 Å². The maximum absolute atomic E-state index is 5.48. The smallest absolute Gasteiger partial charge is 0.162 e. The van der Waals surface area contributed by atoms with Crippen molar-refractivity contribution in [2.24, 2.45) is 0 Å². The highest BCUT2D eigenvalue weighted by molar-refractivity contribution is 5.94. The van der Waals surface area contributed by atoms with Gasteiger partial charge in [0.25, 0.3) is 0 Å². The van der Waals surface area contributed by atoms with Gasteiger partial charge in [-0.05, 0) is 49.3 Å². The third kappa shape index (κ3) is 4.00. The minimum atomic E-state index is 0.394. The van der Waals surface area contributed by atoms with Crippen LogP contribution in [0.25, 0.3) is 22.3 Å². The molecule has 6 rings (SSSR count). The molecule has 1 saturated carbocycles. The van der Waals surface area contributed by atoms with Gasteiger partial charge in [-0.3, -0.25) is 4.98 Å². The van der Waals surface area contributed by atoms with Gasteiger partial charge in [0.15, 0.2) is 5.82 Å². The van der Waals surface area contributed by atoms with Gasteiger partial charge in [0.1, 0.15) is 11.6 Å². The lowest BCUT2D eigenvalue weighted by atomic mass is 10.1. The molecule has 1 aliphatic carbocycles. The van der Waals surface area contributed by atoms with E-state index in [1.807, 2.05) is 24.7 Å². The zero-order valence-corrected chi connectivity index (χ0v) is 18.3. The van der Waals surface area contributed by atoms with Crippen LogP contribution in [0.5, 0.6) is 0 Å². The summed E-state index contributed by atoms with van der Waals surface area (Å²) in [6.45, 7) is 5.44. The van der Waals surface area contributed by atoms with Crippen LogP contribution < -0.4 is 15.5 Å². The molecule has 3 aliphatic rings. The Morgan fingerprint density at radius 2 is 1.88 bits per heavy atom. The standard InChI is InChI=1S/C24H29N7O/c1-2-16(1)19-14-26-15-20-22(19)24(31-9-7-25-8-10-31)30-23(29-20)17-3-6-27-21(13-17)28-18-4-11-32-12-5-18/h3,6,13-16,18,25H,1-2,4-5,7-12H2,(H,27,28). The number of rotatable bonds is 5. The molecule has 3 aromatic rings. The summed E-state index contributed by atoms with van der Waals surface area (Å²) in [7, 11) is 0. The van der Waals surface area contributed by atoms with Crippen molar-refractivity contribution in [3.63, 3.8) is 0 Å². The molecule has 0 spiro atoms. The van der Waals surface area contributed by atoms with Crippen molar-refractivity contribution < 1.29 is 4.74 Å². The predicted octanol–water partition coefficient (Wildman–Crippen LogP) is 2.96. The van der Waals surface area contributed by atoms with E-state index in [0.29, 0.717) is 12.0 Å². The third-order valence-corrected chi connectivity index (χ3v) is 6.64. The summed E-state index contributed by atoms with van der Waals surface area (Å²) < 4.78 is 5.48. The van der Waals surface area contributed by atoms with E-state index in [1.165, 1.54) is 23.8 Å². The first-order valence-corrected chi connectivity index (χ1v) is 11.8. The fourth-order valence-corrected chi connectivity index (χ4v) is 4.73. The summed E-state index contributed by atoms with van der Waals surface area (Å²) in [5.41, 5.74) is 3.22. The van der Waals surface area contributed by atoms with Gasteiger partial charge in [-0.1, -0.05) is 0 Å². The lowest BCUT2D eigenvalue weighted by Crippen LogP contribution is -2.44. The quantitative estimate of drug-likeness (QED) is 0.638. The number of hydrogen-bond donors (Lipinski definition) is 2. The highest BCUT2D eigenvalue weighted by atomic mass is 16.5. The Hall–Kier alpha value is -2.84. The summed E-state index contributed by atoms with van der Waals surface area (Å²) in [5.74, 6) is 3.25. The van der Waals surface area contributed by atoms with E-state index in [0.717, 1.165) is 80.8 Å². The number of nitrogens with zero attached hydrogens (tertiary/aromatic N) is 5. The molecule has 0 amide bonds. The van der Waals surface area contributed by atoms with E-state index in [9.17, 15) is 0 Å². The lowest BCUT2D eigenvalue weighted by molar-refractivity contribution is 0.0904. The van der Waals surface area contributed by atoms with Gasteiger partial charge in [-0.2, -0.15) is 0 Å². The largest absolute Gasteiger partial charge is 0.381 e. The van der Waals surface area contributed by atoms with E-state index in [2.05, 4.69) is 31.6 Å². The summed E-state index contributed by atoms with van der Waals surface area (Å²) in [6, 6.07) is 4.46. The Morgan fingerprint density at radius 1 is 1.03 bits per heavy atom. The monoisotopic (exact) mass is 431 g/mol. The van der Waals surface area contributed by atoms with Crippen LogP contribution in [0.4, 0.5) is 11.6 Å². The average Bonchev–Trinajstić information content (AvgIpc) is 3.70. The molecule has 5 heterocycles. The van der Waals surface area contributed by atoms with Gasteiger partial charge in [0.05, 0.1) is 11.7 Å². The van der Waals surface area contributed by atoms with E-state index in [4.69, 9.17) is 14.7 Å². The third-order valence-electron chi connectivity index (χ3n) is 6.64. The molecule has 2 saturated heterocycles. The minimum absolute atomic E-state index is 0.394. The zero-order chi connectivity index (χ0) is 21.3. The number of ether oxygens (including phenoxy) is 1. The van der Waals surface area contributed by atoms with Gasteiger partial charge in [0.2, 0.25) is 0 Å². The number of fused-ring (bicyclic) bond motifs is 1. The molecule has 0 radical (unpaired) electrons. The topological polar surface area (TPSA) is 88.1 Å². The van der Waals surface area contributed by atoms with E-state index in [-0.39, 0.29) is 0 Å². The van der Waals surface area contributed by atoms with Crippen molar-refractivity contribution in [3.05, 3.63) is 36.3 Å². The second kappa shape index (κ2) is 8.60. The number of aromatic nitrogens is 4. The fourth-order valence-electron chi connectivity index (χ4n) is 4.73. The number of nitrogens with one attached hydrogen (secondary N) is 2. The van der Waals surface area contributed by atoms with Crippen molar-refractivity contribution in [2.75, 3.05) is 49.6 Å². The molecule has 3 aromatic heterocycles. The molecule has 2 aliphatic heterocycles. The Labute approximate surface area is 187 Å². The van der Waals surface area contributed by atoms with Gasteiger partial charge in [0, 0.05) is 68.8 Å². The first kappa shape index (κ1) is 19.8. The molecular weight excluding hydrogens is 402 g/mol. The van der Waals surface area contributed by atoms with Crippen LogP contribution >= 0.6 is 0 Å². The van der Waals surface area contributed by atoms with Crippen LogP contribution in [-0.2, 0) is 4.74 Å². The molecular formula is C24H29N7O. The summed E-state index contributed by atoms with van der Waals surface area (Å²) >= 11 is 0. The number of pyridine rings is 2. The van der Waals surface area contributed by atoms with Crippen LogP contribution in [0.1, 0.15) is 37.2 Å². The predicted molar refractivity (Wildman–Crippen MR) is 125 cm³/mol. The summed E-state index contributed by atoms with van der Waals surface area (Å²) in [4.78, 5) is 21.6. The average molecular weight is 432 g/mol. The van der Waals surface area contributed by atoms with Gasteiger partial charge in [-0.25, -0.2) is 15.0 Å². The highest BCUT2D eigenvalue weighted by Gasteiger charge is 2.29. The summed E-state index contributed by atoms with van der Waals surface area (Å²) in [5, 5.41) is 8.20. The van der Waals surface area contributed by atoms with Crippen molar-refractivity contribution in [2.45, 2.75) is 37.6 Å². The normalized spacial score (nSPS) is 19.9. The summed E-state index contributed by atoms with van der Waals surface area (Å²) in [6.07, 6.45) is 10.2. The molecule has 0 unspecified atom stereocenters. The molecule has 0 aromatic carbocycles. The highest BCUT2D eigenvalue weighted by Crippen LogP contribution is 2.44. The van der Waals surface area contributed by atoms with Gasteiger partial charge in [-0.15, -0.1) is 0 Å². The maximum atomic E-state index is 5.48. The Kier molecular flexibility index (Phi) is 5.32. The van der Waals surface area contributed by atoms with Crippen molar-refractivity contribution in [1.82, 2.24) is 25.3 Å². The molecule has 2 N–H and O–H groups in total.